The summed E-state index contributed by atoms with van der Waals surface area (Å²) in [4.78, 5) is 23.7. The molecule has 2 atom stereocenters. The fourth-order valence-electron chi connectivity index (χ4n) is 3.80. The third kappa shape index (κ3) is 3.38. The second-order valence-electron chi connectivity index (χ2n) is 6.96. The van der Waals surface area contributed by atoms with Crippen molar-refractivity contribution >= 4 is 11.9 Å². The summed E-state index contributed by atoms with van der Waals surface area (Å²) >= 11 is 0. The van der Waals surface area contributed by atoms with Gasteiger partial charge in [-0.25, -0.2) is 4.39 Å². The summed E-state index contributed by atoms with van der Waals surface area (Å²) in [6.45, 7) is 0. The van der Waals surface area contributed by atoms with Crippen LogP contribution in [-0.2, 0) is 16.0 Å². The largest absolute Gasteiger partial charge is 0.481 e. The molecule has 2 aliphatic carbocycles. The summed E-state index contributed by atoms with van der Waals surface area (Å²) in [6.07, 6.45) is 5.03. The molecular formula is C18H22FNO3. The Bertz CT molecular complexity index is 612. The van der Waals surface area contributed by atoms with Gasteiger partial charge in [0.05, 0.1) is 11.3 Å². The number of carboxylic acid groups (broad SMARTS) is 1. The number of hydrogen-bond acceptors (Lipinski definition) is 2. The Kier molecular flexibility index (Phi) is 4.37. The van der Waals surface area contributed by atoms with E-state index in [1.165, 1.54) is 12.1 Å². The van der Waals surface area contributed by atoms with Crippen molar-refractivity contribution in [2.45, 2.75) is 51.0 Å². The lowest BCUT2D eigenvalue weighted by atomic mass is 9.64. The van der Waals surface area contributed by atoms with Crippen LogP contribution in [-0.4, -0.2) is 23.0 Å². The van der Waals surface area contributed by atoms with Crippen molar-refractivity contribution in [1.82, 2.24) is 5.32 Å². The molecule has 1 aromatic carbocycles. The van der Waals surface area contributed by atoms with Gasteiger partial charge in [-0.05, 0) is 56.2 Å². The number of halogens is 1. The molecule has 2 saturated carbocycles. The van der Waals surface area contributed by atoms with E-state index >= 15 is 0 Å². The van der Waals surface area contributed by atoms with Crippen LogP contribution >= 0.6 is 0 Å². The number of hydrogen-bond donors (Lipinski definition) is 2. The highest BCUT2D eigenvalue weighted by Gasteiger charge is 2.45. The third-order valence-electron chi connectivity index (χ3n) is 5.34. The highest BCUT2D eigenvalue weighted by atomic mass is 19.1. The molecule has 2 N–H and O–H groups in total. The minimum absolute atomic E-state index is 0.00375. The van der Waals surface area contributed by atoms with Crippen molar-refractivity contribution in [2.75, 3.05) is 0 Å². The first kappa shape index (κ1) is 16.0. The molecule has 3 rings (SSSR count). The maximum absolute atomic E-state index is 13.4. The lowest BCUT2D eigenvalue weighted by Gasteiger charge is -2.41. The Morgan fingerprint density at radius 1 is 1.30 bits per heavy atom. The lowest BCUT2D eigenvalue weighted by Crippen LogP contribution is -2.49. The van der Waals surface area contributed by atoms with Crippen LogP contribution in [0.5, 0.6) is 0 Å². The van der Waals surface area contributed by atoms with Crippen LogP contribution < -0.4 is 5.32 Å². The standard InChI is InChI=1S/C18H22FNO3/c19-14-4-1-3-12(9-14)11-18(7-2-8-18)17(23)20-15-6-5-13(10-15)16(21)22/h1,3-4,9,13,15H,2,5-8,10-11H2,(H,20,23)(H,21,22)/t13-,15+/m0/s1. The van der Waals surface area contributed by atoms with Gasteiger partial charge < -0.3 is 10.4 Å². The van der Waals surface area contributed by atoms with E-state index in [1.54, 1.807) is 6.07 Å². The molecule has 0 radical (unpaired) electrons. The van der Waals surface area contributed by atoms with Gasteiger partial charge in [0, 0.05) is 6.04 Å². The first-order valence-corrected chi connectivity index (χ1v) is 8.27. The number of carboxylic acids is 1. The van der Waals surface area contributed by atoms with Crippen LogP contribution in [0, 0.1) is 17.2 Å². The Morgan fingerprint density at radius 2 is 2.09 bits per heavy atom. The lowest BCUT2D eigenvalue weighted by molar-refractivity contribution is -0.142. The van der Waals surface area contributed by atoms with E-state index < -0.39 is 11.4 Å². The quantitative estimate of drug-likeness (QED) is 0.877. The van der Waals surface area contributed by atoms with Crippen molar-refractivity contribution < 1.29 is 19.1 Å². The summed E-state index contributed by atoms with van der Waals surface area (Å²) in [5.41, 5.74) is 0.393. The second-order valence-corrected chi connectivity index (χ2v) is 6.96. The summed E-state index contributed by atoms with van der Waals surface area (Å²) in [5, 5.41) is 12.1. The zero-order chi connectivity index (χ0) is 16.4. The molecule has 0 aliphatic heterocycles. The predicted octanol–water partition coefficient (Wildman–Crippen LogP) is 2.91. The zero-order valence-corrected chi connectivity index (χ0v) is 13.1. The Labute approximate surface area is 135 Å². The van der Waals surface area contributed by atoms with Gasteiger partial charge in [0.2, 0.25) is 5.91 Å². The highest BCUT2D eigenvalue weighted by molar-refractivity contribution is 5.84. The Hall–Kier alpha value is -1.91. The SMILES string of the molecule is O=C(O)[C@H]1CC[C@@H](NC(=O)C2(Cc3cccc(F)c3)CCC2)C1. The number of benzene rings is 1. The molecule has 0 spiro atoms. The number of rotatable bonds is 5. The van der Waals surface area contributed by atoms with E-state index in [0.29, 0.717) is 19.3 Å². The molecule has 124 valence electrons. The van der Waals surface area contributed by atoms with Gasteiger partial charge in [-0.1, -0.05) is 18.6 Å². The Balaban J connectivity index is 1.63. The van der Waals surface area contributed by atoms with E-state index in [2.05, 4.69) is 5.32 Å². The summed E-state index contributed by atoms with van der Waals surface area (Å²) < 4.78 is 13.4. The highest BCUT2D eigenvalue weighted by Crippen LogP contribution is 2.44. The van der Waals surface area contributed by atoms with E-state index in [0.717, 1.165) is 31.2 Å². The van der Waals surface area contributed by atoms with Crippen LogP contribution in [0.25, 0.3) is 0 Å². The second kappa shape index (κ2) is 6.30. The average molecular weight is 319 g/mol. The van der Waals surface area contributed by atoms with Gasteiger partial charge in [-0.15, -0.1) is 0 Å². The van der Waals surface area contributed by atoms with Crippen molar-refractivity contribution in [2.24, 2.45) is 11.3 Å². The van der Waals surface area contributed by atoms with Gasteiger partial charge in [0.1, 0.15) is 5.82 Å². The van der Waals surface area contributed by atoms with Crippen LogP contribution in [0.3, 0.4) is 0 Å². The van der Waals surface area contributed by atoms with Gasteiger partial charge in [0.25, 0.3) is 0 Å². The third-order valence-corrected chi connectivity index (χ3v) is 5.34. The zero-order valence-electron chi connectivity index (χ0n) is 13.1. The summed E-state index contributed by atoms with van der Waals surface area (Å²) in [5.74, 6) is -1.40. The predicted molar refractivity (Wildman–Crippen MR) is 83.3 cm³/mol. The molecule has 1 aromatic rings. The van der Waals surface area contributed by atoms with Crippen molar-refractivity contribution in [3.05, 3.63) is 35.6 Å². The molecule has 2 fully saturated rings. The fourth-order valence-corrected chi connectivity index (χ4v) is 3.80. The fraction of sp³-hybridized carbons (Fsp3) is 0.556. The minimum Gasteiger partial charge on any atom is -0.481 e. The molecule has 2 aliphatic rings. The average Bonchev–Trinajstić information content (AvgIpc) is 2.91. The van der Waals surface area contributed by atoms with Gasteiger partial charge in [0.15, 0.2) is 0 Å². The van der Waals surface area contributed by atoms with Gasteiger partial charge in [-0.2, -0.15) is 0 Å². The molecule has 0 aromatic heterocycles. The van der Waals surface area contributed by atoms with Crippen LogP contribution in [0.15, 0.2) is 24.3 Å². The Morgan fingerprint density at radius 3 is 2.65 bits per heavy atom. The number of amides is 1. The molecule has 1 amide bonds. The topological polar surface area (TPSA) is 66.4 Å². The molecule has 0 bridgehead atoms. The molecule has 0 heterocycles. The normalized spacial score (nSPS) is 25.6. The van der Waals surface area contributed by atoms with E-state index in [4.69, 9.17) is 5.11 Å². The molecule has 4 nitrogen and oxygen atoms in total. The minimum atomic E-state index is -0.778. The van der Waals surface area contributed by atoms with Gasteiger partial charge in [-0.3, -0.25) is 9.59 Å². The van der Waals surface area contributed by atoms with Crippen molar-refractivity contribution in [3.63, 3.8) is 0 Å². The first-order chi connectivity index (χ1) is 11.0. The van der Waals surface area contributed by atoms with Crippen LogP contribution in [0.1, 0.15) is 44.1 Å². The number of aliphatic carboxylic acids is 1. The smallest absolute Gasteiger partial charge is 0.306 e. The molecular weight excluding hydrogens is 297 g/mol. The van der Waals surface area contributed by atoms with Gasteiger partial charge >= 0.3 is 5.97 Å². The van der Waals surface area contributed by atoms with Crippen molar-refractivity contribution in [3.8, 4) is 0 Å². The molecule has 0 saturated heterocycles. The maximum Gasteiger partial charge on any atom is 0.306 e. The molecule has 23 heavy (non-hydrogen) atoms. The summed E-state index contributed by atoms with van der Waals surface area (Å²) in [7, 11) is 0. The van der Waals surface area contributed by atoms with E-state index in [9.17, 15) is 14.0 Å². The maximum atomic E-state index is 13.4. The van der Waals surface area contributed by atoms with Crippen molar-refractivity contribution in [1.29, 1.82) is 0 Å². The summed E-state index contributed by atoms with van der Waals surface area (Å²) in [6, 6.07) is 6.37. The number of carbonyl (C=O) groups is 2. The number of carbonyl (C=O) groups excluding carboxylic acids is 1. The van der Waals surface area contributed by atoms with Crippen LogP contribution in [0.4, 0.5) is 4.39 Å². The number of nitrogens with one attached hydrogen (secondary N) is 1. The molecule has 0 unspecified atom stereocenters. The van der Waals surface area contributed by atoms with E-state index in [1.807, 2.05) is 6.07 Å². The molecule has 5 heteroatoms. The van der Waals surface area contributed by atoms with Crippen LogP contribution in [0.2, 0.25) is 0 Å². The monoisotopic (exact) mass is 319 g/mol. The van der Waals surface area contributed by atoms with E-state index in [-0.39, 0.29) is 23.7 Å². The first-order valence-electron chi connectivity index (χ1n) is 8.27.